The van der Waals surface area contributed by atoms with Crippen molar-refractivity contribution in [1.82, 2.24) is 10.6 Å². The molecule has 1 rings (SSSR count). The van der Waals surface area contributed by atoms with E-state index in [1.165, 1.54) is 0 Å². The molecule has 0 aromatic carbocycles. The number of carboxylic acid groups (broad SMARTS) is 1. The van der Waals surface area contributed by atoms with Gasteiger partial charge in [0.25, 0.3) is 0 Å². The molecule has 116 valence electrons. The summed E-state index contributed by atoms with van der Waals surface area (Å²) in [7, 11) is 0. The van der Waals surface area contributed by atoms with E-state index in [1.807, 2.05) is 6.92 Å². The van der Waals surface area contributed by atoms with Gasteiger partial charge in [-0.05, 0) is 34.2 Å². The van der Waals surface area contributed by atoms with Crippen molar-refractivity contribution in [2.75, 3.05) is 19.8 Å². The third-order valence-corrected chi connectivity index (χ3v) is 4.42. The molecule has 0 aromatic rings. The second-order valence-electron chi connectivity index (χ2n) is 6.35. The molecule has 1 amide bonds. The maximum Gasteiger partial charge on any atom is 0.311 e. The molecule has 6 nitrogen and oxygen atoms in total. The minimum Gasteiger partial charge on any atom is -0.481 e. The number of likely N-dealkylation sites (N-methyl/N-ethyl adjacent to an activating group) is 1. The summed E-state index contributed by atoms with van der Waals surface area (Å²) in [5.74, 6) is -1.37. The van der Waals surface area contributed by atoms with Gasteiger partial charge >= 0.3 is 5.97 Å². The maximum absolute atomic E-state index is 12.4. The van der Waals surface area contributed by atoms with E-state index in [1.54, 1.807) is 27.7 Å². The first-order valence-electron chi connectivity index (χ1n) is 7.00. The summed E-state index contributed by atoms with van der Waals surface area (Å²) in [5, 5.41) is 15.4. The average Bonchev–Trinajstić information content (AvgIpc) is 2.76. The predicted molar refractivity (Wildman–Crippen MR) is 75.4 cm³/mol. The standard InChI is InChI=1S/C14H26N2O4/c1-6-15-10-8-20-7-9(10)11(17)16-14(4,5)13(2,3)12(18)19/h9-10,15H,6-8H2,1-5H3,(H,16,17)(H,18,19). The molecule has 0 saturated carbocycles. The molecule has 1 aliphatic rings. The van der Waals surface area contributed by atoms with Crippen LogP contribution < -0.4 is 10.6 Å². The molecule has 2 atom stereocenters. The van der Waals surface area contributed by atoms with Crippen molar-refractivity contribution in [1.29, 1.82) is 0 Å². The molecule has 0 radical (unpaired) electrons. The molecule has 1 saturated heterocycles. The predicted octanol–water partition coefficient (Wildman–Crippen LogP) is 0.617. The number of ether oxygens (including phenoxy) is 1. The second-order valence-corrected chi connectivity index (χ2v) is 6.35. The number of hydrogen-bond acceptors (Lipinski definition) is 4. The van der Waals surface area contributed by atoms with Gasteiger partial charge in [-0.15, -0.1) is 0 Å². The van der Waals surface area contributed by atoms with E-state index in [-0.39, 0.29) is 17.9 Å². The van der Waals surface area contributed by atoms with Gasteiger partial charge in [-0.3, -0.25) is 9.59 Å². The lowest BCUT2D eigenvalue weighted by molar-refractivity contribution is -0.152. The molecule has 3 N–H and O–H groups in total. The zero-order chi connectivity index (χ0) is 15.6. The van der Waals surface area contributed by atoms with Gasteiger partial charge < -0.3 is 20.5 Å². The molecular formula is C14H26N2O4. The first-order valence-corrected chi connectivity index (χ1v) is 7.00. The Morgan fingerprint density at radius 2 is 1.85 bits per heavy atom. The summed E-state index contributed by atoms with van der Waals surface area (Å²) in [6.07, 6.45) is 0. The molecule has 0 aliphatic carbocycles. The number of nitrogens with one attached hydrogen (secondary N) is 2. The highest BCUT2D eigenvalue weighted by molar-refractivity contribution is 5.83. The largest absolute Gasteiger partial charge is 0.481 e. The average molecular weight is 286 g/mol. The number of carbonyl (C=O) groups excluding carboxylic acids is 1. The Balaban J connectivity index is 2.76. The number of rotatable bonds is 6. The smallest absolute Gasteiger partial charge is 0.311 e. The fourth-order valence-electron chi connectivity index (χ4n) is 2.10. The van der Waals surface area contributed by atoms with Crippen LogP contribution in [0.5, 0.6) is 0 Å². The quantitative estimate of drug-likeness (QED) is 0.666. The maximum atomic E-state index is 12.4. The third-order valence-electron chi connectivity index (χ3n) is 4.42. The fourth-order valence-corrected chi connectivity index (χ4v) is 2.10. The first kappa shape index (κ1) is 16.9. The molecule has 1 heterocycles. The van der Waals surface area contributed by atoms with E-state index in [0.717, 1.165) is 6.54 Å². The van der Waals surface area contributed by atoms with Gasteiger partial charge in [0.1, 0.15) is 0 Å². The normalized spacial score (nSPS) is 23.6. The Labute approximate surface area is 120 Å². The summed E-state index contributed by atoms with van der Waals surface area (Å²) in [4.78, 5) is 23.7. The summed E-state index contributed by atoms with van der Waals surface area (Å²) < 4.78 is 5.35. The van der Waals surface area contributed by atoms with Crippen LogP contribution in [0.15, 0.2) is 0 Å². The van der Waals surface area contributed by atoms with Crippen LogP contribution in [0, 0.1) is 11.3 Å². The third kappa shape index (κ3) is 3.30. The van der Waals surface area contributed by atoms with Crippen LogP contribution in [0.1, 0.15) is 34.6 Å². The number of amides is 1. The Hall–Kier alpha value is -1.14. The minimum atomic E-state index is -1.06. The fraction of sp³-hybridized carbons (Fsp3) is 0.857. The van der Waals surface area contributed by atoms with Crippen molar-refractivity contribution < 1.29 is 19.4 Å². The number of aliphatic carboxylic acids is 1. The summed E-state index contributed by atoms with van der Waals surface area (Å²) in [6, 6.07) is -0.0104. The van der Waals surface area contributed by atoms with Crippen molar-refractivity contribution in [3.05, 3.63) is 0 Å². The molecule has 20 heavy (non-hydrogen) atoms. The van der Waals surface area contributed by atoms with E-state index in [2.05, 4.69) is 10.6 Å². The van der Waals surface area contributed by atoms with Crippen molar-refractivity contribution in [2.45, 2.75) is 46.2 Å². The molecule has 1 fully saturated rings. The summed E-state index contributed by atoms with van der Waals surface area (Å²) in [6.45, 7) is 10.3. The van der Waals surface area contributed by atoms with Gasteiger partial charge in [0.05, 0.1) is 24.5 Å². The van der Waals surface area contributed by atoms with Gasteiger partial charge in [-0.1, -0.05) is 6.92 Å². The molecule has 0 bridgehead atoms. The van der Waals surface area contributed by atoms with E-state index in [4.69, 9.17) is 4.74 Å². The molecule has 6 heteroatoms. The van der Waals surface area contributed by atoms with Crippen LogP contribution in [-0.2, 0) is 14.3 Å². The lowest BCUT2D eigenvalue weighted by atomic mass is 9.74. The molecular weight excluding hydrogens is 260 g/mol. The van der Waals surface area contributed by atoms with E-state index >= 15 is 0 Å². The van der Waals surface area contributed by atoms with Crippen molar-refractivity contribution in [3.8, 4) is 0 Å². The first-order chi connectivity index (χ1) is 9.13. The SMILES string of the molecule is CCNC1COCC1C(=O)NC(C)(C)C(C)(C)C(=O)O. The van der Waals surface area contributed by atoms with Crippen LogP contribution >= 0.6 is 0 Å². The van der Waals surface area contributed by atoms with E-state index < -0.39 is 16.9 Å². The van der Waals surface area contributed by atoms with Crippen LogP contribution in [0.2, 0.25) is 0 Å². The van der Waals surface area contributed by atoms with Gasteiger partial charge in [0.2, 0.25) is 5.91 Å². The number of hydrogen-bond donors (Lipinski definition) is 3. The monoisotopic (exact) mass is 286 g/mol. The lowest BCUT2D eigenvalue weighted by Crippen LogP contribution is -2.59. The molecule has 0 aromatic heterocycles. The molecule has 1 aliphatic heterocycles. The minimum absolute atomic E-state index is 0.0104. The Morgan fingerprint density at radius 3 is 2.35 bits per heavy atom. The highest BCUT2D eigenvalue weighted by Gasteiger charge is 2.46. The Kier molecular flexibility index (Phi) is 5.15. The molecule has 2 unspecified atom stereocenters. The van der Waals surface area contributed by atoms with Gasteiger partial charge in [0, 0.05) is 11.6 Å². The lowest BCUT2D eigenvalue weighted by Gasteiger charge is -2.39. The van der Waals surface area contributed by atoms with E-state index in [0.29, 0.717) is 13.2 Å². The topological polar surface area (TPSA) is 87.7 Å². The highest BCUT2D eigenvalue weighted by Crippen LogP contribution is 2.31. The van der Waals surface area contributed by atoms with Gasteiger partial charge in [-0.25, -0.2) is 0 Å². The Bertz CT molecular complexity index is 379. The highest BCUT2D eigenvalue weighted by atomic mass is 16.5. The summed E-state index contributed by atoms with van der Waals surface area (Å²) >= 11 is 0. The number of carboxylic acids is 1. The zero-order valence-electron chi connectivity index (χ0n) is 12.9. The van der Waals surface area contributed by atoms with Crippen LogP contribution in [-0.4, -0.2) is 48.3 Å². The van der Waals surface area contributed by atoms with Crippen LogP contribution in [0.25, 0.3) is 0 Å². The molecule has 0 spiro atoms. The second kappa shape index (κ2) is 6.10. The van der Waals surface area contributed by atoms with E-state index in [9.17, 15) is 14.7 Å². The Morgan fingerprint density at radius 1 is 1.25 bits per heavy atom. The zero-order valence-corrected chi connectivity index (χ0v) is 12.9. The van der Waals surface area contributed by atoms with Gasteiger partial charge in [0.15, 0.2) is 0 Å². The summed E-state index contributed by atoms with van der Waals surface area (Å²) in [5.41, 5.74) is -1.91. The van der Waals surface area contributed by atoms with Crippen molar-refractivity contribution >= 4 is 11.9 Å². The van der Waals surface area contributed by atoms with Crippen molar-refractivity contribution in [2.24, 2.45) is 11.3 Å². The number of carbonyl (C=O) groups is 2. The van der Waals surface area contributed by atoms with Crippen LogP contribution in [0.3, 0.4) is 0 Å². The van der Waals surface area contributed by atoms with Crippen molar-refractivity contribution in [3.63, 3.8) is 0 Å². The van der Waals surface area contributed by atoms with Gasteiger partial charge in [-0.2, -0.15) is 0 Å². The van der Waals surface area contributed by atoms with Crippen LogP contribution in [0.4, 0.5) is 0 Å².